The zero-order valence-electron chi connectivity index (χ0n) is 15.6. The number of carbonyl (C=O) groups is 3. The van der Waals surface area contributed by atoms with Gasteiger partial charge in [0, 0.05) is 5.56 Å². The fourth-order valence-corrected chi connectivity index (χ4v) is 4.17. The van der Waals surface area contributed by atoms with Crippen molar-refractivity contribution < 1.29 is 33.3 Å². The second kappa shape index (κ2) is 7.39. The van der Waals surface area contributed by atoms with E-state index in [0.29, 0.717) is 21.9 Å². The average molecular weight is 406 g/mol. The van der Waals surface area contributed by atoms with Gasteiger partial charge in [-0.15, -0.1) is 11.3 Å². The van der Waals surface area contributed by atoms with Crippen molar-refractivity contribution in [2.45, 2.75) is 13.2 Å². The van der Waals surface area contributed by atoms with E-state index in [4.69, 9.17) is 24.7 Å². The summed E-state index contributed by atoms with van der Waals surface area (Å²) in [5, 5.41) is 3.27. The SMILES string of the molecule is COC(=O)c1sc(N[C@@H]2OC(=O)c3c2ccc(OC)c3OC)c(C(N)=O)c1C. The van der Waals surface area contributed by atoms with E-state index >= 15 is 0 Å². The molecule has 0 saturated heterocycles. The Morgan fingerprint density at radius 2 is 1.93 bits per heavy atom. The topological polar surface area (TPSA) is 126 Å². The van der Waals surface area contributed by atoms with Crippen molar-refractivity contribution in [2.75, 3.05) is 26.6 Å². The molecule has 0 radical (unpaired) electrons. The normalized spacial score (nSPS) is 14.9. The number of methoxy groups -OCH3 is 3. The van der Waals surface area contributed by atoms with Gasteiger partial charge in [-0.05, 0) is 24.6 Å². The highest BCUT2D eigenvalue weighted by atomic mass is 32.1. The first-order valence-corrected chi connectivity index (χ1v) is 8.89. The van der Waals surface area contributed by atoms with E-state index in [1.54, 1.807) is 19.1 Å². The minimum absolute atomic E-state index is 0.135. The Morgan fingerprint density at radius 3 is 2.50 bits per heavy atom. The summed E-state index contributed by atoms with van der Waals surface area (Å²) in [5.41, 5.74) is 6.74. The van der Waals surface area contributed by atoms with Crippen molar-refractivity contribution in [3.05, 3.63) is 39.3 Å². The summed E-state index contributed by atoms with van der Waals surface area (Å²) < 4.78 is 20.6. The second-order valence-corrected chi connectivity index (χ2v) is 6.83. The molecule has 28 heavy (non-hydrogen) atoms. The molecule has 9 nitrogen and oxygen atoms in total. The van der Waals surface area contributed by atoms with Crippen LogP contribution in [0.5, 0.6) is 11.5 Å². The number of primary amides is 1. The number of cyclic esters (lactones) is 1. The third-order valence-electron chi connectivity index (χ3n) is 4.32. The molecule has 0 spiro atoms. The zero-order chi connectivity index (χ0) is 20.6. The number of hydrogen-bond acceptors (Lipinski definition) is 9. The first kappa shape index (κ1) is 19.5. The predicted molar refractivity (Wildman–Crippen MR) is 100 cm³/mol. The van der Waals surface area contributed by atoms with Gasteiger partial charge < -0.3 is 30.0 Å². The van der Waals surface area contributed by atoms with Gasteiger partial charge in [-0.25, -0.2) is 9.59 Å². The first-order chi connectivity index (χ1) is 13.3. The maximum Gasteiger partial charge on any atom is 0.348 e. The largest absolute Gasteiger partial charge is 0.493 e. The van der Waals surface area contributed by atoms with Crippen LogP contribution < -0.4 is 20.5 Å². The highest BCUT2D eigenvalue weighted by Crippen LogP contribution is 2.43. The van der Waals surface area contributed by atoms with Crippen LogP contribution in [0.1, 0.15) is 47.7 Å². The van der Waals surface area contributed by atoms with Gasteiger partial charge in [0.2, 0.25) is 6.23 Å². The van der Waals surface area contributed by atoms with Gasteiger partial charge in [0.1, 0.15) is 15.4 Å². The molecule has 3 N–H and O–H groups in total. The number of thiophene rings is 1. The molecule has 2 heterocycles. The summed E-state index contributed by atoms with van der Waals surface area (Å²) >= 11 is 0.994. The number of anilines is 1. The number of esters is 2. The minimum atomic E-state index is -0.899. The lowest BCUT2D eigenvalue weighted by Gasteiger charge is -2.14. The van der Waals surface area contributed by atoms with Crippen LogP contribution in [-0.2, 0) is 9.47 Å². The number of ether oxygens (including phenoxy) is 4. The molecule has 0 fully saturated rings. The summed E-state index contributed by atoms with van der Waals surface area (Å²) in [4.78, 5) is 36.5. The third-order valence-corrected chi connectivity index (χ3v) is 5.52. The Hall–Kier alpha value is -3.27. The molecule has 1 aromatic carbocycles. The van der Waals surface area contributed by atoms with E-state index in [9.17, 15) is 14.4 Å². The molecule has 1 aliphatic heterocycles. The summed E-state index contributed by atoms with van der Waals surface area (Å²) in [6.45, 7) is 1.59. The van der Waals surface area contributed by atoms with Crippen LogP contribution in [-0.4, -0.2) is 39.2 Å². The van der Waals surface area contributed by atoms with Crippen LogP contribution in [0, 0.1) is 6.92 Å². The van der Waals surface area contributed by atoms with Crippen molar-refractivity contribution in [1.82, 2.24) is 0 Å². The molecule has 1 aliphatic rings. The molecule has 0 bridgehead atoms. The number of benzene rings is 1. The van der Waals surface area contributed by atoms with Crippen molar-refractivity contribution in [3.63, 3.8) is 0 Å². The van der Waals surface area contributed by atoms with Crippen LogP contribution >= 0.6 is 11.3 Å². The van der Waals surface area contributed by atoms with E-state index in [1.807, 2.05) is 0 Å². The van der Waals surface area contributed by atoms with Gasteiger partial charge in [0.15, 0.2) is 11.5 Å². The molecular weight excluding hydrogens is 388 g/mol. The average Bonchev–Trinajstić information content (AvgIpc) is 3.17. The zero-order valence-corrected chi connectivity index (χ0v) is 16.4. The Kier molecular flexibility index (Phi) is 5.14. The molecule has 1 atom stereocenters. The van der Waals surface area contributed by atoms with Gasteiger partial charge >= 0.3 is 11.9 Å². The minimum Gasteiger partial charge on any atom is -0.493 e. The standard InChI is InChI=1S/C18H18N2O7S/c1-7-10(14(19)21)16(28-13(7)18(23)26-4)20-15-8-5-6-9(24-2)12(25-3)11(8)17(22)27-15/h5-6,15,20H,1-4H3,(H2,19,21)/t15-/m1/s1. The van der Waals surface area contributed by atoms with E-state index in [-0.39, 0.29) is 21.8 Å². The molecule has 10 heteroatoms. The first-order valence-electron chi connectivity index (χ1n) is 8.07. The van der Waals surface area contributed by atoms with Crippen LogP contribution in [0.4, 0.5) is 5.00 Å². The van der Waals surface area contributed by atoms with Crippen LogP contribution in [0.3, 0.4) is 0 Å². The highest BCUT2D eigenvalue weighted by Gasteiger charge is 2.37. The number of carbonyl (C=O) groups excluding carboxylic acids is 3. The van der Waals surface area contributed by atoms with E-state index in [1.165, 1.54) is 21.3 Å². The van der Waals surface area contributed by atoms with Gasteiger partial charge in [0.25, 0.3) is 5.91 Å². The number of nitrogens with two attached hydrogens (primary N) is 1. The lowest BCUT2D eigenvalue weighted by Crippen LogP contribution is -2.16. The summed E-state index contributed by atoms with van der Waals surface area (Å²) in [7, 11) is 4.12. The lowest BCUT2D eigenvalue weighted by molar-refractivity contribution is 0.0435. The number of nitrogens with one attached hydrogen (secondary N) is 1. The van der Waals surface area contributed by atoms with Gasteiger partial charge in [-0.2, -0.15) is 0 Å². The Balaban J connectivity index is 2.05. The lowest BCUT2D eigenvalue weighted by atomic mass is 10.1. The Labute approximate surface area is 164 Å². The molecule has 148 valence electrons. The van der Waals surface area contributed by atoms with Gasteiger partial charge in [-0.1, -0.05) is 0 Å². The Morgan fingerprint density at radius 1 is 1.21 bits per heavy atom. The Bertz CT molecular complexity index is 983. The molecule has 0 aliphatic carbocycles. The van der Waals surface area contributed by atoms with Gasteiger partial charge in [0.05, 0.1) is 26.9 Å². The van der Waals surface area contributed by atoms with Crippen molar-refractivity contribution >= 4 is 34.2 Å². The van der Waals surface area contributed by atoms with Crippen molar-refractivity contribution in [3.8, 4) is 11.5 Å². The fourth-order valence-electron chi connectivity index (χ4n) is 3.03. The molecule has 1 amide bonds. The maximum absolute atomic E-state index is 12.4. The fraction of sp³-hybridized carbons (Fsp3) is 0.278. The molecular formula is C18H18N2O7S. The number of hydrogen-bond donors (Lipinski definition) is 2. The number of fused-ring (bicyclic) bond motifs is 1. The number of rotatable bonds is 6. The quantitative estimate of drug-likeness (QED) is 0.700. The monoisotopic (exact) mass is 406 g/mol. The van der Waals surface area contributed by atoms with E-state index in [2.05, 4.69) is 5.32 Å². The van der Waals surface area contributed by atoms with E-state index < -0.39 is 24.1 Å². The van der Waals surface area contributed by atoms with Crippen LogP contribution in [0.2, 0.25) is 0 Å². The highest BCUT2D eigenvalue weighted by molar-refractivity contribution is 7.18. The van der Waals surface area contributed by atoms with Crippen molar-refractivity contribution in [2.24, 2.45) is 5.73 Å². The maximum atomic E-state index is 12.4. The smallest absolute Gasteiger partial charge is 0.348 e. The summed E-state index contributed by atoms with van der Waals surface area (Å²) in [5.74, 6) is -1.28. The third kappa shape index (κ3) is 3.01. The molecule has 3 rings (SSSR count). The second-order valence-electron chi connectivity index (χ2n) is 5.81. The van der Waals surface area contributed by atoms with Crippen molar-refractivity contribution in [1.29, 1.82) is 0 Å². The van der Waals surface area contributed by atoms with Crippen LogP contribution in [0.15, 0.2) is 12.1 Å². The molecule has 0 unspecified atom stereocenters. The predicted octanol–water partition coefficient (Wildman–Crippen LogP) is 2.24. The molecule has 2 aromatic rings. The van der Waals surface area contributed by atoms with E-state index in [0.717, 1.165) is 11.3 Å². The number of amides is 1. The summed E-state index contributed by atoms with van der Waals surface area (Å²) in [6.07, 6.45) is -0.899. The summed E-state index contributed by atoms with van der Waals surface area (Å²) in [6, 6.07) is 3.30. The molecule has 0 saturated carbocycles. The van der Waals surface area contributed by atoms with Crippen LogP contribution in [0.25, 0.3) is 0 Å². The molecule has 1 aromatic heterocycles. The van der Waals surface area contributed by atoms with Gasteiger partial charge in [-0.3, -0.25) is 4.79 Å².